The van der Waals surface area contributed by atoms with Crippen LogP contribution in [-0.2, 0) is 12.0 Å². The van der Waals surface area contributed by atoms with Gasteiger partial charge in [-0.3, -0.25) is 9.78 Å². The first-order chi connectivity index (χ1) is 14.7. The summed E-state index contributed by atoms with van der Waals surface area (Å²) in [6.45, 7) is 5.22. The number of carbonyl (C=O) groups is 1. The fourth-order valence-electron chi connectivity index (χ4n) is 3.39. The van der Waals surface area contributed by atoms with Crippen LogP contribution in [0, 0.1) is 6.92 Å². The summed E-state index contributed by atoms with van der Waals surface area (Å²) in [5, 5.41) is 14.6. The molecule has 0 spiro atoms. The Bertz CT molecular complexity index is 1240. The van der Waals surface area contributed by atoms with Gasteiger partial charge in [0, 0.05) is 23.4 Å². The number of aliphatic hydroxyl groups is 1. The van der Waals surface area contributed by atoms with Crippen molar-refractivity contribution in [1.82, 2.24) is 19.6 Å². The Morgan fingerprint density at radius 2 is 1.87 bits per heavy atom. The van der Waals surface area contributed by atoms with Gasteiger partial charge in [-0.05, 0) is 63.2 Å². The van der Waals surface area contributed by atoms with Crippen molar-refractivity contribution in [3.63, 3.8) is 0 Å². The second kappa shape index (κ2) is 7.92. The maximum Gasteiger partial charge on any atom is 0.170 e. The van der Waals surface area contributed by atoms with E-state index in [0.29, 0.717) is 22.6 Å². The van der Waals surface area contributed by atoms with Gasteiger partial charge < -0.3 is 9.84 Å². The summed E-state index contributed by atoms with van der Waals surface area (Å²) >= 11 is 0. The fourth-order valence-corrected chi connectivity index (χ4v) is 3.39. The van der Waals surface area contributed by atoms with Crippen LogP contribution in [0.5, 0.6) is 5.75 Å². The van der Waals surface area contributed by atoms with Gasteiger partial charge in [-0.2, -0.15) is 5.10 Å². The maximum absolute atomic E-state index is 12.9. The Kier molecular flexibility index (Phi) is 5.29. The highest BCUT2D eigenvalue weighted by Crippen LogP contribution is 2.25. The molecular formula is C24H24N4O3. The number of hydrogen-bond acceptors (Lipinski definition) is 6. The predicted octanol–water partition coefficient (Wildman–Crippen LogP) is 3.76. The molecule has 0 aliphatic carbocycles. The van der Waals surface area contributed by atoms with Crippen molar-refractivity contribution in [2.24, 2.45) is 0 Å². The molecule has 0 aliphatic rings. The number of rotatable bonds is 6. The number of carbonyl (C=O) groups excluding carboxylic acids is 1. The van der Waals surface area contributed by atoms with Gasteiger partial charge in [0.15, 0.2) is 11.4 Å². The number of Topliss-reactive ketones (excluding diaryl/α,β-unsaturated/α-hetero) is 1. The zero-order valence-corrected chi connectivity index (χ0v) is 18.0. The number of pyridine rings is 1. The Morgan fingerprint density at radius 3 is 2.48 bits per heavy atom. The lowest BCUT2D eigenvalue weighted by molar-refractivity contribution is 0.0737. The number of fused-ring (bicyclic) bond motifs is 1. The molecule has 4 aromatic rings. The van der Waals surface area contributed by atoms with Crippen LogP contribution in [0.4, 0.5) is 0 Å². The number of hydrogen-bond donors (Lipinski definition) is 1. The van der Waals surface area contributed by atoms with Crippen LogP contribution >= 0.6 is 0 Å². The Morgan fingerprint density at radius 1 is 1.13 bits per heavy atom. The molecule has 3 heterocycles. The Hall–Kier alpha value is -3.58. The first kappa shape index (κ1) is 20.7. The van der Waals surface area contributed by atoms with E-state index in [1.54, 1.807) is 37.6 Å². The molecule has 0 bridgehead atoms. The van der Waals surface area contributed by atoms with Crippen LogP contribution in [0.15, 0.2) is 54.7 Å². The summed E-state index contributed by atoms with van der Waals surface area (Å²) in [5.74, 6) is 0.673. The van der Waals surface area contributed by atoms with E-state index in [0.717, 1.165) is 22.7 Å². The molecule has 0 radical (unpaired) electrons. The highest BCUT2D eigenvalue weighted by molar-refractivity contribution is 5.97. The molecular weight excluding hydrogens is 392 g/mol. The normalized spacial score (nSPS) is 11.6. The summed E-state index contributed by atoms with van der Waals surface area (Å²) in [5.41, 5.74) is 3.91. The monoisotopic (exact) mass is 416 g/mol. The van der Waals surface area contributed by atoms with Crippen molar-refractivity contribution >= 4 is 11.4 Å². The van der Waals surface area contributed by atoms with E-state index in [4.69, 9.17) is 4.74 Å². The molecule has 0 fully saturated rings. The molecule has 0 unspecified atom stereocenters. The molecule has 4 rings (SSSR count). The van der Waals surface area contributed by atoms with Gasteiger partial charge in [0.05, 0.1) is 36.3 Å². The summed E-state index contributed by atoms with van der Waals surface area (Å²) in [4.78, 5) is 21.7. The van der Waals surface area contributed by atoms with Gasteiger partial charge in [-0.25, -0.2) is 9.50 Å². The van der Waals surface area contributed by atoms with E-state index in [2.05, 4.69) is 15.1 Å². The number of benzene rings is 1. The quantitative estimate of drug-likeness (QED) is 0.482. The van der Waals surface area contributed by atoms with E-state index in [1.165, 1.54) is 6.20 Å². The van der Waals surface area contributed by atoms with Crippen LogP contribution < -0.4 is 4.74 Å². The molecule has 31 heavy (non-hydrogen) atoms. The largest absolute Gasteiger partial charge is 0.497 e. The number of ether oxygens (including phenoxy) is 1. The van der Waals surface area contributed by atoms with Gasteiger partial charge in [-0.15, -0.1) is 0 Å². The lowest BCUT2D eigenvalue weighted by Crippen LogP contribution is -2.18. The molecule has 158 valence electrons. The average molecular weight is 416 g/mol. The number of methoxy groups -OCH3 is 1. The third-order valence-corrected chi connectivity index (χ3v) is 5.04. The van der Waals surface area contributed by atoms with Crippen molar-refractivity contribution in [1.29, 1.82) is 0 Å². The SMILES string of the molecule is COc1ccc(-c2cc(CC(=O)c3ccc(C(C)(C)O)nc3)nc3cc(C)nn23)cc1. The van der Waals surface area contributed by atoms with Crippen molar-refractivity contribution in [2.45, 2.75) is 32.8 Å². The summed E-state index contributed by atoms with van der Waals surface area (Å²) < 4.78 is 7.03. The van der Waals surface area contributed by atoms with Gasteiger partial charge in [0.1, 0.15) is 11.4 Å². The zero-order valence-electron chi connectivity index (χ0n) is 18.0. The molecule has 0 amide bonds. The minimum absolute atomic E-state index is 0.0939. The van der Waals surface area contributed by atoms with E-state index < -0.39 is 5.60 Å². The molecule has 1 N–H and O–H groups in total. The smallest absolute Gasteiger partial charge is 0.170 e. The van der Waals surface area contributed by atoms with Crippen molar-refractivity contribution in [3.05, 3.63) is 77.4 Å². The van der Waals surface area contributed by atoms with Crippen LogP contribution in [0.2, 0.25) is 0 Å². The van der Waals surface area contributed by atoms with Crippen LogP contribution in [-0.4, -0.2) is 37.6 Å². The lowest BCUT2D eigenvalue weighted by atomic mass is 10.0. The molecule has 7 nitrogen and oxygen atoms in total. The highest BCUT2D eigenvalue weighted by atomic mass is 16.5. The third kappa shape index (κ3) is 4.32. The van der Waals surface area contributed by atoms with Crippen molar-refractivity contribution < 1.29 is 14.6 Å². The summed E-state index contributed by atoms with van der Waals surface area (Å²) in [7, 11) is 1.63. The number of aromatic nitrogens is 4. The molecule has 1 aromatic carbocycles. The standard InChI is InChI=1S/C24H24N4O3/c1-15-11-23-26-18(13-21(29)17-7-10-22(25-14-17)24(2,3)30)12-20(28(23)27-15)16-5-8-19(31-4)9-6-16/h5-12,14,30H,13H2,1-4H3. The topological polar surface area (TPSA) is 89.6 Å². The predicted molar refractivity (Wildman–Crippen MR) is 117 cm³/mol. The minimum atomic E-state index is -1.05. The summed E-state index contributed by atoms with van der Waals surface area (Å²) in [6, 6.07) is 14.8. The Balaban J connectivity index is 1.68. The third-order valence-electron chi connectivity index (χ3n) is 5.04. The van der Waals surface area contributed by atoms with Crippen molar-refractivity contribution in [2.75, 3.05) is 7.11 Å². The second-order valence-corrected chi connectivity index (χ2v) is 8.01. The van der Waals surface area contributed by atoms with Crippen LogP contribution in [0.25, 0.3) is 16.9 Å². The first-order valence-corrected chi connectivity index (χ1v) is 9.97. The molecule has 0 saturated carbocycles. The highest BCUT2D eigenvalue weighted by Gasteiger charge is 2.19. The van der Waals surface area contributed by atoms with E-state index in [9.17, 15) is 9.90 Å². The van der Waals surface area contributed by atoms with Gasteiger partial charge >= 0.3 is 0 Å². The first-order valence-electron chi connectivity index (χ1n) is 9.97. The van der Waals surface area contributed by atoms with E-state index in [-0.39, 0.29) is 12.2 Å². The molecule has 3 aromatic heterocycles. The van der Waals surface area contributed by atoms with Gasteiger partial charge in [0.25, 0.3) is 0 Å². The molecule has 0 saturated heterocycles. The van der Waals surface area contributed by atoms with Crippen LogP contribution in [0.1, 0.15) is 41.3 Å². The molecule has 0 atom stereocenters. The average Bonchev–Trinajstić information content (AvgIpc) is 3.12. The second-order valence-electron chi connectivity index (χ2n) is 8.01. The number of ketones is 1. The molecule has 7 heteroatoms. The summed E-state index contributed by atoms with van der Waals surface area (Å²) in [6.07, 6.45) is 1.63. The lowest BCUT2D eigenvalue weighted by Gasteiger charge is -2.16. The maximum atomic E-state index is 12.9. The molecule has 0 aliphatic heterocycles. The van der Waals surface area contributed by atoms with Crippen LogP contribution in [0.3, 0.4) is 0 Å². The minimum Gasteiger partial charge on any atom is -0.497 e. The number of aryl methyl sites for hydroxylation is 1. The van der Waals surface area contributed by atoms with E-state index >= 15 is 0 Å². The Labute approximate surface area is 180 Å². The fraction of sp³-hybridized carbons (Fsp3) is 0.250. The van der Waals surface area contributed by atoms with Gasteiger partial charge in [-0.1, -0.05) is 0 Å². The van der Waals surface area contributed by atoms with Crippen molar-refractivity contribution in [3.8, 4) is 17.0 Å². The number of nitrogens with zero attached hydrogens (tertiary/aromatic N) is 4. The van der Waals surface area contributed by atoms with Gasteiger partial charge in [0.2, 0.25) is 0 Å². The zero-order chi connectivity index (χ0) is 22.2. The van der Waals surface area contributed by atoms with E-state index in [1.807, 2.05) is 43.3 Å².